The van der Waals surface area contributed by atoms with Gasteiger partial charge in [-0.25, -0.2) is 9.59 Å². The second-order valence-corrected chi connectivity index (χ2v) is 5.29. The highest BCUT2D eigenvalue weighted by atomic mass is 16.6. The van der Waals surface area contributed by atoms with Gasteiger partial charge in [-0.2, -0.15) is 0 Å². The smallest absolute Gasteiger partial charge is 0.410 e. The quantitative estimate of drug-likeness (QED) is 0.560. The van der Waals surface area contributed by atoms with Crippen LogP contribution in [0.5, 0.6) is 0 Å². The van der Waals surface area contributed by atoms with Crippen molar-refractivity contribution >= 4 is 12.1 Å². The Hall–Kier alpha value is -1.52. The van der Waals surface area contributed by atoms with Gasteiger partial charge in [-0.3, -0.25) is 0 Å². The average molecular weight is 255 g/mol. The Bertz CT molecular complexity index is 371. The van der Waals surface area contributed by atoms with Gasteiger partial charge in [-0.05, 0) is 40.2 Å². The minimum absolute atomic E-state index is 0.309. The zero-order valence-electron chi connectivity index (χ0n) is 11.7. The van der Waals surface area contributed by atoms with Crippen LogP contribution in [0, 0.1) is 0 Å². The van der Waals surface area contributed by atoms with E-state index in [9.17, 15) is 9.59 Å². The molecule has 1 saturated heterocycles. The number of hydrogen-bond acceptors (Lipinski definition) is 4. The van der Waals surface area contributed by atoms with E-state index in [-0.39, 0.29) is 12.1 Å². The summed E-state index contributed by atoms with van der Waals surface area (Å²) in [6.45, 7) is 10.2. The minimum Gasteiger partial charge on any atom is -0.463 e. The van der Waals surface area contributed by atoms with E-state index in [0.717, 1.165) is 5.57 Å². The largest absolute Gasteiger partial charge is 0.463 e. The highest BCUT2D eigenvalue weighted by Crippen LogP contribution is 2.22. The van der Waals surface area contributed by atoms with E-state index in [1.807, 2.05) is 20.8 Å². The number of rotatable bonds is 2. The summed E-state index contributed by atoms with van der Waals surface area (Å²) in [6, 6.07) is 0. The van der Waals surface area contributed by atoms with E-state index >= 15 is 0 Å². The molecule has 0 aromatic carbocycles. The van der Waals surface area contributed by atoms with Crippen molar-refractivity contribution in [1.82, 2.24) is 4.90 Å². The number of carbonyl (C=O) groups excluding carboxylic acids is 2. The third-order valence-electron chi connectivity index (χ3n) is 2.53. The first-order chi connectivity index (χ1) is 8.24. The molecule has 1 aliphatic rings. The molecule has 0 unspecified atom stereocenters. The van der Waals surface area contributed by atoms with Crippen molar-refractivity contribution in [2.45, 2.75) is 40.2 Å². The molecule has 0 N–H and O–H groups in total. The van der Waals surface area contributed by atoms with E-state index in [4.69, 9.17) is 9.47 Å². The highest BCUT2D eigenvalue weighted by molar-refractivity contribution is 5.89. The summed E-state index contributed by atoms with van der Waals surface area (Å²) < 4.78 is 10.1. The van der Waals surface area contributed by atoms with Crippen molar-refractivity contribution < 1.29 is 19.1 Å². The fraction of sp³-hybridized carbons (Fsp3) is 0.692. The molecule has 1 rings (SSSR count). The summed E-state index contributed by atoms with van der Waals surface area (Å²) in [4.78, 5) is 24.7. The van der Waals surface area contributed by atoms with Crippen LogP contribution in [0.4, 0.5) is 4.79 Å². The molecule has 0 saturated carbocycles. The summed E-state index contributed by atoms with van der Waals surface area (Å²) in [7, 11) is 0. The lowest BCUT2D eigenvalue weighted by molar-refractivity contribution is -0.138. The summed E-state index contributed by atoms with van der Waals surface area (Å²) in [5.74, 6) is -0.309. The third kappa shape index (κ3) is 3.75. The molecular weight excluding hydrogens is 234 g/mol. The molecule has 0 aromatic heterocycles. The number of carbonyl (C=O) groups is 2. The molecule has 0 atom stereocenters. The maximum atomic E-state index is 11.7. The Morgan fingerprint density at radius 2 is 1.83 bits per heavy atom. The minimum atomic E-state index is -0.493. The summed E-state index contributed by atoms with van der Waals surface area (Å²) in [5.41, 5.74) is 1.03. The molecule has 5 nitrogen and oxygen atoms in total. The zero-order chi connectivity index (χ0) is 13.9. The number of esters is 1. The Labute approximate surface area is 108 Å². The third-order valence-corrected chi connectivity index (χ3v) is 2.53. The molecule has 5 heteroatoms. The predicted molar refractivity (Wildman–Crippen MR) is 67.1 cm³/mol. The Morgan fingerprint density at radius 3 is 2.28 bits per heavy atom. The van der Waals surface area contributed by atoms with Crippen LogP contribution in [0.15, 0.2) is 11.1 Å². The topological polar surface area (TPSA) is 55.8 Å². The highest BCUT2D eigenvalue weighted by Gasteiger charge is 2.31. The number of amides is 1. The van der Waals surface area contributed by atoms with Gasteiger partial charge in [0.05, 0.1) is 6.61 Å². The molecule has 1 fully saturated rings. The summed E-state index contributed by atoms with van der Waals surface area (Å²) in [6.07, 6.45) is -0.345. The maximum Gasteiger partial charge on any atom is 0.410 e. The van der Waals surface area contributed by atoms with Crippen LogP contribution >= 0.6 is 0 Å². The second kappa shape index (κ2) is 5.42. The van der Waals surface area contributed by atoms with E-state index in [2.05, 4.69) is 0 Å². The lowest BCUT2D eigenvalue weighted by atomic mass is 10.0. The van der Waals surface area contributed by atoms with Crippen LogP contribution in [-0.2, 0) is 14.3 Å². The van der Waals surface area contributed by atoms with Gasteiger partial charge in [0.25, 0.3) is 0 Å². The van der Waals surface area contributed by atoms with Crippen molar-refractivity contribution in [2.24, 2.45) is 0 Å². The van der Waals surface area contributed by atoms with Crippen LogP contribution in [-0.4, -0.2) is 42.3 Å². The zero-order valence-corrected chi connectivity index (χ0v) is 11.7. The van der Waals surface area contributed by atoms with Gasteiger partial charge in [-0.15, -0.1) is 0 Å². The maximum absolute atomic E-state index is 11.7. The Kier molecular flexibility index (Phi) is 4.38. The number of hydrogen-bond donors (Lipinski definition) is 0. The van der Waals surface area contributed by atoms with Crippen molar-refractivity contribution in [1.29, 1.82) is 0 Å². The Morgan fingerprint density at radius 1 is 1.28 bits per heavy atom. The molecule has 1 heterocycles. The van der Waals surface area contributed by atoms with Gasteiger partial charge in [-0.1, -0.05) is 0 Å². The molecule has 18 heavy (non-hydrogen) atoms. The molecule has 102 valence electrons. The number of nitrogens with zero attached hydrogens (tertiary/aromatic N) is 1. The molecule has 0 aliphatic carbocycles. The average Bonchev–Trinajstić information content (AvgIpc) is 2.12. The lowest BCUT2D eigenvalue weighted by Gasteiger charge is -2.36. The first-order valence-corrected chi connectivity index (χ1v) is 6.08. The fourth-order valence-electron chi connectivity index (χ4n) is 1.49. The first kappa shape index (κ1) is 14.5. The van der Waals surface area contributed by atoms with Crippen molar-refractivity contribution in [3.05, 3.63) is 11.1 Å². The molecule has 0 aromatic rings. The molecule has 0 radical (unpaired) electrons. The van der Waals surface area contributed by atoms with E-state index in [1.165, 1.54) is 0 Å². The molecular formula is C13H21NO4. The van der Waals surface area contributed by atoms with Gasteiger partial charge in [0.2, 0.25) is 0 Å². The molecule has 1 amide bonds. The predicted octanol–water partition coefficient (Wildman–Crippen LogP) is 2.12. The molecule has 0 bridgehead atoms. The molecule has 1 aliphatic heterocycles. The van der Waals surface area contributed by atoms with Gasteiger partial charge in [0.1, 0.15) is 5.60 Å². The molecule has 0 spiro atoms. The van der Waals surface area contributed by atoms with Crippen LogP contribution in [0.2, 0.25) is 0 Å². The van der Waals surface area contributed by atoms with Gasteiger partial charge in [0, 0.05) is 18.7 Å². The first-order valence-electron chi connectivity index (χ1n) is 6.08. The second-order valence-electron chi connectivity index (χ2n) is 5.29. The monoisotopic (exact) mass is 255 g/mol. The normalized spacial score (nSPS) is 14.9. The van der Waals surface area contributed by atoms with Crippen molar-refractivity contribution in [2.75, 3.05) is 19.7 Å². The van der Waals surface area contributed by atoms with Gasteiger partial charge < -0.3 is 14.4 Å². The SMILES string of the molecule is CCOC(=O)C(C)=C1CN(C(=O)OC(C)(C)C)C1. The van der Waals surface area contributed by atoms with E-state index in [1.54, 1.807) is 18.7 Å². The number of likely N-dealkylation sites (tertiary alicyclic amines) is 1. The van der Waals surface area contributed by atoms with E-state index < -0.39 is 5.60 Å². The van der Waals surface area contributed by atoms with E-state index in [0.29, 0.717) is 25.3 Å². The van der Waals surface area contributed by atoms with Crippen molar-refractivity contribution in [3.8, 4) is 0 Å². The van der Waals surface area contributed by atoms with Crippen molar-refractivity contribution in [3.63, 3.8) is 0 Å². The number of ether oxygens (including phenoxy) is 2. The summed E-state index contributed by atoms with van der Waals surface area (Å²) >= 11 is 0. The lowest BCUT2D eigenvalue weighted by Crippen LogP contribution is -2.47. The fourth-order valence-corrected chi connectivity index (χ4v) is 1.49. The van der Waals surface area contributed by atoms with Crippen LogP contribution in [0.1, 0.15) is 34.6 Å². The van der Waals surface area contributed by atoms with Crippen LogP contribution < -0.4 is 0 Å². The summed E-state index contributed by atoms with van der Waals surface area (Å²) in [5, 5.41) is 0. The Balaban J connectivity index is 2.51. The standard InChI is InChI=1S/C13H21NO4/c1-6-17-11(15)9(2)10-7-14(8-10)12(16)18-13(3,4)5/h6-8H2,1-5H3. The van der Waals surface area contributed by atoms with Gasteiger partial charge in [0.15, 0.2) is 0 Å². The van der Waals surface area contributed by atoms with Gasteiger partial charge >= 0.3 is 12.1 Å². The van der Waals surface area contributed by atoms with Crippen LogP contribution in [0.25, 0.3) is 0 Å². The van der Waals surface area contributed by atoms with Crippen LogP contribution in [0.3, 0.4) is 0 Å².